The number of carbonyl (C=O) groups is 1. The number of carbonyl (C=O) groups excluding carboxylic acids is 1. The Morgan fingerprint density at radius 2 is 2.11 bits per heavy atom. The standard InChI is InChI=1S/C14H14N2O3/c1-2-19-14(18)13-12(17)8-11(9-15-16-13)10-6-4-3-5-7-10/h3-8,17H,2,9H2,1H3. The molecular formula is C14H14N2O3. The molecule has 0 spiro atoms. The van der Waals surface area contributed by atoms with Gasteiger partial charge in [0.05, 0.1) is 13.2 Å². The number of azo groups is 1. The van der Waals surface area contributed by atoms with Crippen molar-refractivity contribution in [3.8, 4) is 0 Å². The predicted molar refractivity (Wildman–Crippen MR) is 70.4 cm³/mol. The van der Waals surface area contributed by atoms with Gasteiger partial charge in [0.2, 0.25) is 5.70 Å². The van der Waals surface area contributed by atoms with E-state index < -0.39 is 5.97 Å². The minimum Gasteiger partial charge on any atom is -0.505 e. The molecule has 1 N–H and O–H groups in total. The van der Waals surface area contributed by atoms with E-state index in [1.165, 1.54) is 6.08 Å². The van der Waals surface area contributed by atoms with Gasteiger partial charge in [0.1, 0.15) is 0 Å². The number of rotatable bonds is 3. The SMILES string of the molecule is CCOC(=O)C1=C(O)C=C(c2ccccc2)CN=N1. The molecule has 0 bridgehead atoms. The van der Waals surface area contributed by atoms with Crippen molar-refractivity contribution >= 4 is 11.5 Å². The monoisotopic (exact) mass is 258 g/mol. The van der Waals surface area contributed by atoms with E-state index in [4.69, 9.17) is 4.74 Å². The number of hydrogen-bond acceptors (Lipinski definition) is 5. The summed E-state index contributed by atoms with van der Waals surface area (Å²) in [5.41, 5.74) is 1.56. The zero-order chi connectivity index (χ0) is 13.7. The van der Waals surface area contributed by atoms with Crippen LogP contribution in [0, 0.1) is 0 Å². The van der Waals surface area contributed by atoms with Crippen molar-refractivity contribution in [2.75, 3.05) is 13.2 Å². The van der Waals surface area contributed by atoms with E-state index in [-0.39, 0.29) is 18.1 Å². The summed E-state index contributed by atoms with van der Waals surface area (Å²) in [5, 5.41) is 17.6. The molecule has 19 heavy (non-hydrogen) atoms. The number of aliphatic hydroxyl groups is 1. The van der Waals surface area contributed by atoms with Crippen LogP contribution in [0.2, 0.25) is 0 Å². The summed E-state index contributed by atoms with van der Waals surface area (Å²) < 4.78 is 4.81. The molecule has 5 nitrogen and oxygen atoms in total. The van der Waals surface area contributed by atoms with E-state index >= 15 is 0 Å². The third-order valence-corrected chi connectivity index (χ3v) is 2.58. The molecule has 0 aliphatic carbocycles. The molecule has 1 aromatic rings. The molecule has 0 saturated heterocycles. The van der Waals surface area contributed by atoms with Crippen LogP contribution in [0.4, 0.5) is 0 Å². The van der Waals surface area contributed by atoms with E-state index in [0.717, 1.165) is 11.1 Å². The van der Waals surface area contributed by atoms with Crippen LogP contribution in [0.1, 0.15) is 12.5 Å². The first kappa shape index (κ1) is 13.0. The molecule has 0 saturated carbocycles. The van der Waals surface area contributed by atoms with Crippen molar-refractivity contribution in [3.05, 3.63) is 53.4 Å². The fraction of sp³-hybridized carbons (Fsp3) is 0.214. The summed E-state index contributed by atoms with van der Waals surface area (Å²) in [5.74, 6) is -0.895. The van der Waals surface area contributed by atoms with E-state index in [9.17, 15) is 9.90 Å². The van der Waals surface area contributed by atoms with Gasteiger partial charge in [-0.25, -0.2) is 4.79 Å². The second-order valence-corrected chi connectivity index (χ2v) is 3.89. The first-order valence-corrected chi connectivity index (χ1v) is 5.96. The zero-order valence-corrected chi connectivity index (χ0v) is 10.5. The predicted octanol–water partition coefficient (Wildman–Crippen LogP) is 2.87. The Labute approximate surface area is 110 Å². The van der Waals surface area contributed by atoms with E-state index in [1.54, 1.807) is 6.92 Å². The van der Waals surface area contributed by atoms with Gasteiger partial charge in [-0.05, 0) is 24.1 Å². The molecule has 2 rings (SSSR count). The maximum atomic E-state index is 11.6. The molecule has 1 aliphatic rings. The highest BCUT2D eigenvalue weighted by molar-refractivity contribution is 5.89. The summed E-state index contributed by atoms with van der Waals surface area (Å²) in [7, 11) is 0. The normalized spacial score (nSPS) is 14.9. The van der Waals surface area contributed by atoms with Gasteiger partial charge in [-0.1, -0.05) is 30.3 Å². The third kappa shape index (κ3) is 3.07. The van der Waals surface area contributed by atoms with Crippen LogP contribution in [0.5, 0.6) is 0 Å². The summed E-state index contributed by atoms with van der Waals surface area (Å²) in [6.45, 7) is 2.21. The second-order valence-electron chi connectivity index (χ2n) is 3.89. The number of ether oxygens (including phenoxy) is 1. The van der Waals surface area contributed by atoms with Crippen molar-refractivity contribution in [2.24, 2.45) is 10.2 Å². The second kappa shape index (κ2) is 5.95. The van der Waals surface area contributed by atoms with Gasteiger partial charge in [-0.15, -0.1) is 5.11 Å². The van der Waals surface area contributed by atoms with Crippen LogP contribution in [-0.2, 0) is 9.53 Å². The van der Waals surface area contributed by atoms with Crippen LogP contribution in [0.15, 0.2) is 58.1 Å². The highest BCUT2D eigenvalue weighted by Crippen LogP contribution is 2.21. The summed E-state index contributed by atoms with van der Waals surface area (Å²) >= 11 is 0. The van der Waals surface area contributed by atoms with Crippen molar-refractivity contribution < 1.29 is 14.6 Å². The van der Waals surface area contributed by atoms with Crippen LogP contribution in [0.3, 0.4) is 0 Å². The van der Waals surface area contributed by atoms with Gasteiger partial charge in [0, 0.05) is 0 Å². The maximum absolute atomic E-state index is 11.6. The first-order valence-electron chi connectivity index (χ1n) is 5.96. The van der Waals surface area contributed by atoms with Crippen LogP contribution < -0.4 is 0 Å². The van der Waals surface area contributed by atoms with Gasteiger partial charge in [-0.2, -0.15) is 5.11 Å². The van der Waals surface area contributed by atoms with Crippen molar-refractivity contribution in [2.45, 2.75) is 6.92 Å². The molecule has 1 aromatic carbocycles. The number of aliphatic hydroxyl groups excluding tert-OH is 1. The summed E-state index contributed by atoms with van der Waals surface area (Å²) in [6, 6.07) is 9.51. The van der Waals surface area contributed by atoms with Gasteiger partial charge >= 0.3 is 5.97 Å². The largest absolute Gasteiger partial charge is 0.505 e. The lowest BCUT2D eigenvalue weighted by atomic mass is 10.1. The maximum Gasteiger partial charge on any atom is 0.362 e. The Balaban J connectivity index is 2.34. The highest BCUT2D eigenvalue weighted by Gasteiger charge is 2.18. The molecule has 1 heterocycles. The Bertz CT molecular complexity index is 559. The fourth-order valence-corrected chi connectivity index (χ4v) is 1.68. The van der Waals surface area contributed by atoms with Crippen molar-refractivity contribution in [1.82, 2.24) is 0 Å². The van der Waals surface area contributed by atoms with Gasteiger partial charge < -0.3 is 9.84 Å². The molecule has 5 heteroatoms. The van der Waals surface area contributed by atoms with Crippen LogP contribution in [0.25, 0.3) is 5.57 Å². The average molecular weight is 258 g/mol. The lowest BCUT2D eigenvalue weighted by molar-refractivity contribution is -0.138. The number of nitrogens with zero attached hydrogens (tertiary/aromatic N) is 2. The zero-order valence-electron chi connectivity index (χ0n) is 10.5. The van der Waals surface area contributed by atoms with Gasteiger partial charge in [-0.3, -0.25) is 0 Å². The van der Waals surface area contributed by atoms with E-state index in [1.807, 2.05) is 30.3 Å². The van der Waals surface area contributed by atoms with Crippen molar-refractivity contribution in [1.29, 1.82) is 0 Å². The number of allylic oxidation sites excluding steroid dienone is 1. The molecule has 0 atom stereocenters. The van der Waals surface area contributed by atoms with E-state index in [2.05, 4.69) is 10.2 Å². The molecular weight excluding hydrogens is 244 g/mol. The molecule has 0 radical (unpaired) electrons. The summed E-state index contributed by atoms with van der Waals surface area (Å²) in [6.07, 6.45) is 1.50. The first-order chi connectivity index (χ1) is 9.22. The van der Waals surface area contributed by atoms with Gasteiger partial charge in [0.25, 0.3) is 0 Å². The molecule has 98 valence electrons. The van der Waals surface area contributed by atoms with E-state index in [0.29, 0.717) is 6.54 Å². The molecule has 0 aromatic heterocycles. The van der Waals surface area contributed by atoms with Crippen LogP contribution in [-0.4, -0.2) is 24.2 Å². The number of hydrogen-bond donors (Lipinski definition) is 1. The smallest absolute Gasteiger partial charge is 0.362 e. The molecule has 0 unspecified atom stereocenters. The lowest BCUT2D eigenvalue weighted by Crippen LogP contribution is -2.07. The number of esters is 1. The summed E-state index contributed by atoms with van der Waals surface area (Å²) in [4.78, 5) is 11.6. The topological polar surface area (TPSA) is 71.2 Å². The average Bonchev–Trinajstić information content (AvgIpc) is 2.62. The minimum atomic E-state index is -0.672. The molecule has 0 fully saturated rings. The molecule has 0 amide bonds. The number of benzene rings is 1. The Morgan fingerprint density at radius 3 is 2.79 bits per heavy atom. The van der Waals surface area contributed by atoms with Gasteiger partial charge in [0.15, 0.2) is 5.76 Å². The van der Waals surface area contributed by atoms with Crippen molar-refractivity contribution in [3.63, 3.8) is 0 Å². The lowest BCUT2D eigenvalue weighted by Gasteiger charge is -2.02. The van der Waals surface area contributed by atoms with Crippen LogP contribution >= 0.6 is 0 Å². The minimum absolute atomic E-state index is 0.159. The Morgan fingerprint density at radius 1 is 1.37 bits per heavy atom. The Kier molecular flexibility index (Phi) is 4.07. The molecule has 1 aliphatic heterocycles. The fourth-order valence-electron chi connectivity index (χ4n) is 1.68. The quantitative estimate of drug-likeness (QED) is 0.847. The highest BCUT2D eigenvalue weighted by atomic mass is 16.5. The third-order valence-electron chi connectivity index (χ3n) is 2.58. The Hall–Kier alpha value is -2.43.